The Bertz CT molecular complexity index is 1060. The fourth-order valence-corrected chi connectivity index (χ4v) is 3.53. The Hall–Kier alpha value is -2.46. The second-order valence-corrected chi connectivity index (χ2v) is 6.90. The average molecular weight is 360 g/mol. The molecule has 0 aromatic carbocycles. The van der Waals surface area contributed by atoms with E-state index in [0.29, 0.717) is 33.2 Å². The second kappa shape index (κ2) is 5.87. The van der Waals surface area contributed by atoms with Crippen LogP contribution >= 0.6 is 23.1 Å². The van der Waals surface area contributed by atoms with Gasteiger partial charge in [-0.25, -0.2) is 4.98 Å². The van der Waals surface area contributed by atoms with Gasteiger partial charge in [0.2, 0.25) is 0 Å². The summed E-state index contributed by atoms with van der Waals surface area (Å²) in [4.78, 5) is 17.1. The molecule has 4 aromatic heterocycles. The van der Waals surface area contributed by atoms with E-state index in [9.17, 15) is 4.79 Å². The summed E-state index contributed by atoms with van der Waals surface area (Å²) in [6, 6.07) is 3.40. The Labute approximate surface area is 144 Å². The molecule has 24 heavy (non-hydrogen) atoms. The quantitative estimate of drug-likeness (QED) is 0.515. The molecule has 0 fully saturated rings. The maximum Gasteiger partial charge on any atom is 0.277 e. The predicted octanol–water partition coefficient (Wildman–Crippen LogP) is 2.14. The van der Waals surface area contributed by atoms with Crippen molar-refractivity contribution < 1.29 is 4.42 Å². The molecule has 0 N–H and O–H groups in total. The highest BCUT2D eigenvalue weighted by atomic mass is 32.2. The Balaban J connectivity index is 1.52. The van der Waals surface area contributed by atoms with Crippen LogP contribution in [0.15, 0.2) is 38.1 Å². The van der Waals surface area contributed by atoms with Crippen molar-refractivity contribution in [2.24, 2.45) is 7.05 Å². The third-order valence-electron chi connectivity index (χ3n) is 3.44. The lowest BCUT2D eigenvalue weighted by molar-refractivity contribution is 0.463. The molecule has 0 bridgehead atoms. The zero-order chi connectivity index (χ0) is 16.7. The van der Waals surface area contributed by atoms with Gasteiger partial charge in [-0.05, 0) is 13.0 Å². The first kappa shape index (κ1) is 15.1. The van der Waals surface area contributed by atoms with Crippen molar-refractivity contribution in [1.29, 1.82) is 0 Å². The predicted molar refractivity (Wildman–Crippen MR) is 90.1 cm³/mol. The minimum atomic E-state index is -0.0907. The van der Waals surface area contributed by atoms with Gasteiger partial charge >= 0.3 is 0 Å². The van der Waals surface area contributed by atoms with Crippen molar-refractivity contribution >= 4 is 28.1 Å². The first-order chi connectivity index (χ1) is 11.6. The molecule has 0 saturated heterocycles. The minimum absolute atomic E-state index is 0.0907. The number of thioether (sulfide) groups is 1. The summed E-state index contributed by atoms with van der Waals surface area (Å²) >= 11 is 2.76. The van der Waals surface area contributed by atoms with Crippen LogP contribution in [0.3, 0.4) is 0 Å². The molecule has 8 nitrogen and oxygen atoms in total. The molecule has 0 aliphatic carbocycles. The number of aryl methyl sites for hydroxylation is 2. The lowest BCUT2D eigenvalue weighted by Crippen LogP contribution is -2.12. The average Bonchev–Trinajstić information content (AvgIpc) is 3.26. The van der Waals surface area contributed by atoms with Crippen LogP contribution in [0.5, 0.6) is 0 Å². The van der Waals surface area contributed by atoms with E-state index >= 15 is 0 Å². The van der Waals surface area contributed by atoms with Gasteiger partial charge in [0.1, 0.15) is 5.69 Å². The molecule has 4 rings (SSSR count). The lowest BCUT2D eigenvalue weighted by Gasteiger charge is -1.98. The van der Waals surface area contributed by atoms with Gasteiger partial charge in [0.25, 0.3) is 16.7 Å². The molecule has 4 heterocycles. The van der Waals surface area contributed by atoms with E-state index < -0.39 is 0 Å². The van der Waals surface area contributed by atoms with Crippen molar-refractivity contribution in [2.45, 2.75) is 17.9 Å². The van der Waals surface area contributed by atoms with Crippen molar-refractivity contribution in [3.63, 3.8) is 0 Å². The summed E-state index contributed by atoms with van der Waals surface area (Å²) in [5.74, 6) is 0.856. The number of rotatable bonds is 4. The van der Waals surface area contributed by atoms with Crippen molar-refractivity contribution in [3.8, 4) is 11.6 Å². The molecule has 122 valence electrons. The molecule has 4 aromatic rings. The molecular formula is C14H12N6O2S2. The Morgan fingerprint density at radius 1 is 1.33 bits per heavy atom. The highest BCUT2D eigenvalue weighted by molar-refractivity contribution is 7.98. The summed E-state index contributed by atoms with van der Waals surface area (Å²) in [7, 11) is 1.86. The molecule has 10 heteroatoms. The van der Waals surface area contributed by atoms with Crippen molar-refractivity contribution in [1.82, 2.24) is 29.4 Å². The number of thiazole rings is 1. The Kier molecular flexibility index (Phi) is 3.69. The normalized spacial score (nSPS) is 11.4. The van der Waals surface area contributed by atoms with Gasteiger partial charge in [0, 0.05) is 36.1 Å². The number of fused-ring (bicyclic) bond motifs is 1. The van der Waals surface area contributed by atoms with Gasteiger partial charge < -0.3 is 4.42 Å². The van der Waals surface area contributed by atoms with Gasteiger partial charge in [-0.3, -0.25) is 13.9 Å². The van der Waals surface area contributed by atoms with E-state index in [1.807, 2.05) is 25.4 Å². The number of nitrogens with zero attached hydrogens (tertiary/aromatic N) is 6. The third-order valence-corrected chi connectivity index (χ3v) is 5.05. The van der Waals surface area contributed by atoms with Crippen molar-refractivity contribution in [2.75, 3.05) is 0 Å². The van der Waals surface area contributed by atoms with Crippen LogP contribution in [0.25, 0.3) is 16.5 Å². The van der Waals surface area contributed by atoms with E-state index in [1.165, 1.54) is 33.6 Å². The van der Waals surface area contributed by atoms with Crippen LogP contribution in [-0.2, 0) is 12.8 Å². The molecule has 0 spiro atoms. The molecule has 0 unspecified atom stereocenters. The molecule has 0 aliphatic heterocycles. The van der Waals surface area contributed by atoms with E-state index in [-0.39, 0.29) is 5.56 Å². The summed E-state index contributed by atoms with van der Waals surface area (Å²) in [6.45, 7) is 1.95. The van der Waals surface area contributed by atoms with Gasteiger partial charge in [-0.2, -0.15) is 5.10 Å². The number of hydrogen-bond acceptors (Lipinski definition) is 8. The maximum atomic E-state index is 12.0. The largest absolute Gasteiger partial charge is 0.410 e. The molecule has 0 aliphatic rings. The zero-order valence-corrected chi connectivity index (χ0v) is 14.5. The van der Waals surface area contributed by atoms with E-state index in [0.717, 1.165) is 5.69 Å². The standard InChI is InChI=1S/C14H12N6O2S2/c1-8-5-10(18-19(8)2)12-16-17-14(22-12)24-7-9-6-11(21)20-3-4-23-13(20)15-9/h3-6H,7H2,1-2H3. The van der Waals surface area contributed by atoms with Gasteiger partial charge in [-0.1, -0.05) is 11.8 Å². The SMILES string of the molecule is Cc1cc(-c2nnc(SCc3cc(=O)n4ccsc4n3)o2)nn1C. The molecule has 0 amide bonds. The van der Waals surface area contributed by atoms with Crippen LogP contribution < -0.4 is 5.56 Å². The first-order valence-corrected chi connectivity index (χ1v) is 8.90. The Morgan fingerprint density at radius 2 is 2.21 bits per heavy atom. The molecule has 0 saturated carbocycles. The minimum Gasteiger partial charge on any atom is -0.410 e. The monoisotopic (exact) mass is 360 g/mol. The number of hydrogen-bond donors (Lipinski definition) is 0. The van der Waals surface area contributed by atoms with Gasteiger partial charge in [-0.15, -0.1) is 21.5 Å². The fraction of sp³-hybridized carbons (Fsp3) is 0.214. The molecule has 0 radical (unpaired) electrons. The van der Waals surface area contributed by atoms with Crippen LogP contribution in [0.2, 0.25) is 0 Å². The van der Waals surface area contributed by atoms with E-state index in [4.69, 9.17) is 4.42 Å². The lowest BCUT2D eigenvalue weighted by atomic mass is 10.4. The highest BCUT2D eigenvalue weighted by Gasteiger charge is 2.13. The summed E-state index contributed by atoms with van der Waals surface area (Å²) in [5, 5.41) is 14.6. The zero-order valence-electron chi connectivity index (χ0n) is 12.8. The van der Waals surface area contributed by atoms with E-state index in [2.05, 4.69) is 20.3 Å². The van der Waals surface area contributed by atoms with Crippen LogP contribution in [0, 0.1) is 6.92 Å². The van der Waals surface area contributed by atoms with Crippen LogP contribution in [-0.4, -0.2) is 29.4 Å². The fourth-order valence-electron chi connectivity index (χ4n) is 2.13. The third kappa shape index (κ3) is 2.74. The highest BCUT2D eigenvalue weighted by Crippen LogP contribution is 2.25. The second-order valence-electron chi connectivity index (χ2n) is 5.10. The maximum absolute atomic E-state index is 12.0. The molecular weight excluding hydrogens is 348 g/mol. The summed E-state index contributed by atoms with van der Waals surface area (Å²) in [5.41, 5.74) is 2.24. The first-order valence-electron chi connectivity index (χ1n) is 7.03. The van der Waals surface area contributed by atoms with Gasteiger partial charge in [0.05, 0.1) is 5.69 Å². The van der Waals surface area contributed by atoms with Crippen LogP contribution in [0.1, 0.15) is 11.4 Å². The Morgan fingerprint density at radius 3 is 3.00 bits per heavy atom. The summed E-state index contributed by atoms with van der Waals surface area (Å²) < 4.78 is 8.89. The number of aromatic nitrogens is 6. The van der Waals surface area contributed by atoms with Gasteiger partial charge in [0.15, 0.2) is 4.96 Å². The van der Waals surface area contributed by atoms with Crippen molar-refractivity contribution in [3.05, 3.63) is 45.5 Å². The van der Waals surface area contributed by atoms with Crippen LogP contribution in [0.4, 0.5) is 0 Å². The van der Waals surface area contributed by atoms with E-state index in [1.54, 1.807) is 10.9 Å². The topological polar surface area (TPSA) is 91.1 Å². The molecule has 0 atom stereocenters. The smallest absolute Gasteiger partial charge is 0.277 e. The summed E-state index contributed by atoms with van der Waals surface area (Å²) in [6.07, 6.45) is 1.71.